The lowest BCUT2D eigenvalue weighted by molar-refractivity contribution is 0.252. The van der Waals surface area contributed by atoms with E-state index in [0.717, 1.165) is 0 Å². The van der Waals surface area contributed by atoms with E-state index in [1.54, 1.807) is 17.0 Å². The molecule has 1 N–H and O–H groups in total. The van der Waals surface area contributed by atoms with Crippen LogP contribution in [-0.4, -0.2) is 25.7 Å². The first-order chi connectivity index (χ1) is 7.83. The molecular weight excluding hydrogens is 206 g/mol. The van der Waals surface area contributed by atoms with Gasteiger partial charge in [-0.2, -0.15) is 5.26 Å². The second-order valence-corrected chi connectivity index (χ2v) is 3.30. The van der Waals surface area contributed by atoms with E-state index in [4.69, 9.17) is 10.00 Å². The van der Waals surface area contributed by atoms with E-state index in [0.29, 0.717) is 24.5 Å². The third kappa shape index (κ3) is 1.91. The molecule has 0 aromatic heterocycles. The molecule has 1 aliphatic rings. The minimum absolute atomic E-state index is 0.0214. The van der Waals surface area contributed by atoms with Crippen LogP contribution in [0, 0.1) is 11.3 Å². The van der Waals surface area contributed by atoms with Gasteiger partial charge in [0.25, 0.3) is 0 Å². The Labute approximate surface area is 93.2 Å². The summed E-state index contributed by atoms with van der Waals surface area (Å²) in [5.41, 5.74) is 0.702. The zero-order valence-corrected chi connectivity index (χ0v) is 8.64. The predicted octanol–water partition coefficient (Wildman–Crippen LogP) is 1.12. The number of amides is 2. The van der Waals surface area contributed by atoms with Gasteiger partial charge in [0.05, 0.1) is 5.69 Å². The Morgan fingerprint density at radius 3 is 3.00 bits per heavy atom. The lowest BCUT2D eigenvalue weighted by Crippen LogP contribution is -2.28. The van der Waals surface area contributed by atoms with E-state index in [-0.39, 0.29) is 12.6 Å². The molecule has 82 valence electrons. The van der Waals surface area contributed by atoms with Gasteiger partial charge in [-0.1, -0.05) is 12.1 Å². The van der Waals surface area contributed by atoms with E-state index in [1.807, 2.05) is 18.2 Å². The van der Waals surface area contributed by atoms with Crippen molar-refractivity contribution in [2.45, 2.75) is 0 Å². The van der Waals surface area contributed by atoms with Gasteiger partial charge in [0.1, 0.15) is 11.8 Å². The van der Waals surface area contributed by atoms with Crippen molar-refractivity contribution in [2.24, 2.45) is 0 Å². The third-order valence-corrected chi connectivity index (χ3v) is 2.31. The van der Waals surface area contributed by atoms with Crippen molar-refractivity contribution < 1.29 is 9.53 Å². The molecular formula is C11H11N3O2. The van der Waals surface area contributed by atoms with Gasteiger partial charge in [0.15, 0.2) is 6.61 Å². The van der Waals surface area contributed by atoms with Crippen molar-refractivity contribution >= 4 is 11.7 Å². The summed E-state index contributed by atoms with van der Waals surface area (Å²) >= 11 is 0. The van der Waals surface area contributed by atoms with Crippen molar-refractivity contribution in [3.63, 3.8) is 0 Å². The Morgan fingerprint density at radius 2 is 2.31 bits per heavy atom. The number of nitriles is 1. The number of anilines is 1. The minimum Gasteiger partial charge on any atom is -0.477 e. The Balaban J connectivity index is 2.25. The SMILES string of the molecule is N#CCOc1ccccc1N1CCNC1=O. The average molecular weight is 217 g/mol. The Hall–Kier alpha value is -2.22. The van der Waals surface area contributed by atoms with Crippen LogP contribution in [0.1, 0.15) is 0 Å². The van der Waals surface area contributed by atoms with Crippen molar-refractivity contribution in [3.05, 3.63) is 24.3 Å². The Kier molecular flexibility index (Phi) is 2.92. The Bertz CT molecular complexity index is 439. The van der Waals surface area contributed by atoms with Crippen LogP contribution in [0.2, 0.25) is 0 Å². The molecule has 1 heterocycles. The Morgan fingerprint density at radius 1 is 1.50 bits per heavy atom. The first-order valence-corrected chi connectivity index (χ1v) is 4.97. The number of nitrogens with one attached hydrogen (secondary N) is 1. The van der Waals surface area contributed by atoms with Crippen molar-refractivity contribution in [1.29, 1.82) is 5.26 Å². The molecule has 0 bridgehead atoms. The lowest BCUT2D eigenvalue weighted by Gasteiger charge is -2.17. The molecule has 0 radical (unpaired) electrons. The predicted molar refractivity (Wildman–Crippen MR) is 58.3 cm³/mol. The molecule has 1 aliphatic heterocycles. The van der Waals surface area contributed by atoms with Crippen LogP contribution in [0.15, 0.2) is 24.3 Å². The highest BCUT2D eigenvalue weighted by Gasteiger charge is 2.23. The van der Waals surface area contributed by atoms with Crippen LogP contribution in [0.25, 0.3) is 0 Å². The quantitative estimate of drug-likeness (QED) is 0.825. The van der Waals surface area contributed by atoms with Gasteiger partial charge in [-0.15, -0.1) is 0 Å². The van der Waals surface area contributed by atoms with Crippen molar-refractivity contribution in [2.75, 3.05) is 24.6 Å². The summed E-state index contributed by atoms with van der Waals surface area (Å²) < 4.78 is 5.26. The molecule has 1 fully saturated rings. The highest BCUT2D eigenvalue weighted by Crippen LogP contribution is 2.28. The molecule has 5 heteroatoms. The second-order valence-electron chi connectivity index (χ2n) is 3.30. The summed E-state index contributed by atoms with van der Waals surface area (Å²) in [6, 6.07) is 8.97. The molecule has 0 saturated carbocycles. The van der Waals surface area contributed by atoms with E-state index in [2.05, 4.69) is 5.32 Å². The maximum absolute atomic E-state index is 11.5. The summed E-state index contributed by atoms with van der Waals surface area (Å²) in [5.74, 6) is 0.557. The maximum atomic E-state index is 11.5. The topological polar surface area (TPSA) is 65.4 Å². The summed E-state index contributed by atoms with van der Waals surface area (Å²) in [6.45, 7) is 1.23. The number of hydrogen-bond donors (Lipinski definition) is 1. The fourth-order valence-electron chi connectivity index (χ4n) is 1.61. The van der Waals surface area contributed by atoms with Crippen LogP contribution < -0.4 is 15.0 Å². The number of nitrogens with zero attached hydrogens (tertiary/aromatic N) is 2. The molecule has 2 amide bonds. The fraction of sp³-hybridized carbons (Fsp3) is 0.273. The summed E-state index contributed by atoms with van der Waals surface area (Å²) in [4.78, 5) is 13.1. The van der Waals surface area contributed by atoms with Crippen molar-refractivity contribution in [1.82, 2.24) is 5.32 Å². The van der Waals surface area contributed by atoms with Crippen LogP contribution in [-0.2, 0) is 0 Å². The first kappa shape index (κ1) is 10.3. The van der Waals surface area contributed by atoms with Gasteiger partial charge >= 0.3 is 6.03 Å². The first-order valence-electron chi connectivity index (χ1n) is 4.97. The number of rotatable bonds is 3. The lowest BCUT2D eigenvalue weighted by atomic mass is 10.2. The van der Waals surface area contributed by atoms with Crippen molar-refractivity contribution in [3.8, 4) is 11.8 Å². The molecule has 0 atom stereocenters. The molecule has 2 rings (SSSR count). The molecule has 1 aromatic carbocycles. The van der Waals surface area contributed by atoms with Crippen LogP contribution in [0.3, 0.4) is 0 Å². The molecule has 0 aliphatic carbocycles. The van der Waals surface area contributed by atoms with E-state index in [9.17, 15) is 4.79 Å². The minimum atomic E-state index is -0.131. The molecule has 1 saturated heterocycles. The molecule has 5 nitrogen and oxygen atoms in total. The van der Waals surface area contributed by atoms with Gasteiger partial charge in [-0.05, 0) is 12.1 Å². The van der Waals surface area contributed by atoms with Crippen LogP contribution in [0.5, 0.6) is 5.75 Å². The average Bonchev–Trinajstić information content (AvgIpc) is 2.73. The molecule has 1 aromatic rings. The van der Waals surface area contributed by atoms with Crippen LogP contribution >= 0.6 is 0 Å². The van der Waals surface area contributed by atoms with E-state index < -0.39 is 0 Å². The van der Waals surface area contributed by atoms with E-state index in [1.165, 1.54) is 0 Å². The number of carbonyl (C=O) groups is 1. The van der Waals surface area contributed by atoms with Gasteiger partial charge < -0.3 is 10.1 Å². The van der Waals surface area contributed by atoms with Gasteiger partial charge in [0.2, 0.25) is 0 Å². The van der Waals surface area contributed by atoms with Gasteiger partial charge in [-0.25, -0.2) is 4.79 Å². The number of hydrogen-bond acceptors (Lipinski definition) is 3. The number of ether oxygens (including phenoxy) is 1. The summed E-state index contributed by atoms with van der Waals surface area (Å²) in [6.07, 6.45) is 0. The number of benzene rings is 1. The molecule has 0 unspecified atom stereocenters. The number of carbonyl (C=O) groups excluding carboxylic acids is 1. The standard InChI is InChI=1S/C11H11N3O2/c12-5-8-16-10-4-2-1-3-9(10)14-7-6-13-11(14)15/h1-4H,6-8H2,(H,13,15). The third-order valence-electron chi connectivity index (χ3n) is 2.31. The maximum Gasteiger partial charge on any atom is 0.322 e. The normalized spacial score (nSPS) is 14.4. The highest BCUT2D eigenvalue weighted by molar-refractivity contribution is 5.95. The largest absolute Gasteiger partial charge is 0.477 e. The number of urea groups is 1. The monoisotopic (exact) mass is 217 g/mol. The van der Waals surface area contributed by atoms with Gasteiger partial charge in [0, 0.05) is 13.1 Å². The molecule has 0 spiro atoms. The second kappa shape index (κ2) is 4.53. The fourth-order valence-corrected chi connectivity index (χ4v) is 1.61. The summed E-state index contributed by atoms with van der Waals surface area (Å²) in [7, 11) is 0. The van der Waals surface area contributed by atoms with E-state index >= 15 is 0 Å². The zero-order chi connectivity index (χ0) is 11.4. The number of para-hydroxylation sites is 2. The highest BCUT2D eigenvalue weighted by atomic mass is 16.5. The summed E-state index contributed by atoms with van der Waals surface area (Å²) in [5, 5.41) is 11.2. The van der Waals surface area contributed by atoms with Gasteiger partial charge in [-0.3, -0.25) is 4.90 Å². The smallest absolute Gasteiger partial charge is 0.322 e. The van der Waals surface area contributed by atoms with Crippen LogP contribution in [0.4, 0.5) is 10.5 Å². The zero-order valence-electron chi connectivity index (χ0n) is 8.64. The molecule has 16 heavy (non-hydrogen) atoms.